The van der Waals surface area contributed by atoms with Crippen molar-refractivity contribution in [1.29, 1.82) is 0 Å². The Morgan fingerprint density at radius 3 is 2.85 bits per heavy atom. The Kier molecular flexibility index (Phi) is 4.16. The lowest BCUT2D eigenvalue weighted by Gasteiger charge is -2.08. The zero-order chi connectivity index (χ0) is 9.68. The minimum atomic E-state index is 0.377. The summed E-state index contributed by atoms with van der Waals surface area (Å²) in [6.07, 6.45) is 4.63. The topological polar surface area (TPSA) is 29.1 Å². The second-order valence-electron chi connectivity index (χ2n) is 3.99. The van der Waals surface area contributed by atoms with E-state index in [1.54, 1.807) is 0 Å². The van der Waals surface area contributed by atoms with Gasteiger partial charge in [0, 0.05) is 18.9 Å². The highest BCUT2D eigenvalue weighted by molar-refractivity contribution is 5.79. The molecule has 0 aromatic carbocycles. The van der Waals surface area contributed by atoms with Gasteiger partial charge in [0.15, 0.2) is 0 Å². The van der Waals surface area contributed by atoms with Gasteiger partial charge in [0.2, 0.25) is 0 Å². The predicted molar refractivity (Wildman–Crippen MR) is 54.7 cm³/mol. The number of rotatable bonds is 5. The zero-order valence-corrected chi connectivity index (χ0v) is 8.44. The zero-order valence-electron chi connectivity index (χ0n) is 8.44. The van der Waals surface area contributed by atoms with Crippen molar-refractivity contribution in [2.75, 3.05) is 6.54 Å². The molecule has 13 heavy (non-hydrogen) atoms. The predicted octanol–water partition coefficient (Wildman–Crippen LogP) is 2.05. The van der Waals surface area contributed by atoms with E-state index in [0.29, 0.717) is 24.7 Å². The fourth-order valence-corrected chi connectivity index (χ4v) is 1.66. The molecule has 1 N–H and O–H groups in total. The minimum Gasteiger partial charge on any atom is -0.314 e. The molecule has 1 aliphatic heterocycles. The van der Waals surface area contributed by atoms with Crippen LogP contribution >= 0.6 is 0 Å². The molecule has 0 aliphatic carbocycles. The van der Waals surface area contributed by atoms with Crippen LogP contribution < -0.4 is 5.32 Å². The summed E-state index contributed by atoms with van der Waals surface area (Å²) < 4.78 is 0. The second kappa shape index (κ2) is 5.18. The van der Waals surface area contributed by atoms with E-state index < -0.39 is 0 Å². The van der Waals surface area contributed by atoms with E-state index >= 15 is 0 Å². The first-order chi connectivity index (χ1) is 6.18. The van der Waals surface area contributed by atoms with E-state index in [2.05, 4.69) is 11.9 Å². The first-order valence-electron chi connectivity index (χ1n) is 5.08. The molecule has 74 valence electrons. The Morgan fingerprint density at radius 1 is 1.54 bits per heavy atom. The molecule has 2 nitrogen and oxygen atoms in total. The molecule has 0 saturated carbocycles. The number of ketones is 1. The third-order valence-electron chi connectivity index (χ3n) is 2.47. The van der Waals surface area contributed by atoms with Crippen LogP contribution in [0.4, 0.5) is 0 Å². The molecule has 0 aromatic rings. The first kappa shape index (κ1) is 10.5. The molecule has 0 amide bonds. The van der Waals surface area contributed by atoms with Crippen LogP contribution in [0, 0.1) is 0 Å². The lowest BCUT2D eigenvalue weighted by Crippen LogP contribution is -2.24. The van der Waals surface area contributed by atoms with Crippen LogP contribution in [0.25, 0.3) is 0 Å². The summed E-state index contributed by atoms with van der Waals surface area (Å²) in [6.45, 7) is 6.85. The molecule has 1 saturated heterocycles. The summed E-state index contributed by atoms with van der Waals surface area (Å²) in [6, 6.07) is 0.456. The standard InChI is InChI=1S/C11H19NO/c1-9(2)5-6-11(13)8-10-4-3-7-12-10/h10,12H,1,3-8H2,2H3. The number of Topliss-reactive ketones (excluding diaryl/α,β-unsaturated/α-hetero) is 1. The lowest BCUT2D eigenvalue weighted by atomic mass is 10.0. The molecule has 1 fully saturated rings. The molecule has 1 unspecified atom stereocenters. The Hall–Kier alpha value is -0.630. The largest absolute Gasteiger partial charge is 0.314 e. The number of hydrogen-bond acceptors (Lipinski definition) is 2. The van der Waals surface area contributed by atoms with Gasteiger partial charge in [-0.15, -0.1) is 6.58 Å². The molecule has 1 atom stereocenters. The Labute approximate surface area is 80.4 Å². The highest BCUT2D eigenvalue weighted by Crippen LogP contribution is 2.11. The maximum atomic E-state index is 11.4. The molecule has 0 radical (unpaired) electrons. The van der Waals surface area contributed by atoms with Gasteiger partial charge in [0.25, 0.3) is 0 Å². The minimum absolute atomic E-state index is 0.377. The van der Waals surface area contributed by atoms with Crippen molar-refractivity contribution in [3.63, 3.8) is 0 Å². The van der Waals surface area contributed by atoms with E-state index in [4.69, 9.17) is 0 Å². The highest BCUT2D eigenvalue weighted by Gasteiger charge is 2.16. The molecule has 0 aromatic heterocycles. The summed E-state index contributed by atoms with van der Waals surface area (Å²) in [4.78, 5) is 11.4. The fourth-order valence-electron chi connectivity index (χ4n) is 1.66. The van der Waals surface area contributed by atoms with Gasteiger partial charge in [-0.05, 0) is 32.7 Å². The molecular weight excluding hydrogens is 162 g/mol. The maximum Gasteiger partial charge on any atom is 0.134 e. The molecule has 1 rings (SSSR count). The van der Waals surface area contributed by atoms with Gasteiger partial charge >= 0.3 is 0 Å². The number of hydrogen-bond donors (Lipinski definition) is 1. The smallest absolute Gasteiger partial charge is 0.134 e. The number of allylic oxidation sites excluding steroid dienone is 1. The van der Waals surface area contributed by atoms with Gasteiger partial charge < -0.3 is 5.32 Å². The Bertz CT molecular complexity index is 192. The Morgan fingerprint density at radius 2 is 2.31 bits per heavy atom. The van der Waals surface area contributed by atoms with Gasteiger partial charge in [0.05, 0.1) is 0 Å². The van der Waals surface area contributed by atoms with Gasteiger partial charge in [-0.1, -0.05) is 5.57 Å². The van der Waals surface area contributed by atoms with Gasteiger partial charge in [0.1, 0.15) is 5.78 Å². The van der Waals surface area contributed by atoms with Crippen molar-refractivity contribution < 1.29 is 4.79 Å². The van der Waals surface area contributed by atoms with Crippen molar-refractivity contribution >= 4 is 5.78 Å². The van der Waals surface area contributed by atoms with Crippen molar-refractivity contribution in [1.82, 2.24) is 5.32 Å². The quantitative estimate of drug-likeness (QED) is 0.658. The van der Waals surface area contributed by atoms with Crippen molar-refractivity contribution in [3.05, 3.63) is 12.2 Å². The van der Waals surface area contributed by atoms with Crippen molar-refractivity contribution in [3.8, 4) is 0 Å². The summed E-state index contributed by atoms with van der Waals surface area (Å²) >= 11 is 0. The normalized spacial score (nSPS) is 21.8. The summed E-state index contributed by atoms with van der Waals surface area (Å²) in [5, 5.41) is 3.33. The van der Waals surface area contributed by atoms with Crippen LogP contribution in [0.2, 0.25) is 0 Å². The van der Waals surface area contributed by atoms with Gasteiger partial charge in [-0.25, -0.2) is 0 Å². The summed E-state index contributed by atoms with van der Waals surface area (Å²) in [5.74, 6) is 0.377. The second-order valence-corrected chi connectivity index (χ2v) is 3.99. The van der Waals surface area contributed by atoms with Crippen LogP contribution in [-0.2, 0) is 4.79 Å². The third kappa shape index (κ3) is 4.23. The molecule has 1 aliphatic rings. The SMILES string of the molecule is C=C(C)CCC(=O)CC1CCCN1. The van der Waals surface area contributed by atoms with Crippen LogP contribution in [0.1, 0.15) is 39.0 Å². The van der Waals surface area contributed by atoms with E-state index in [9.17, 15) is 4.79 Å². The average molecular weight is 181 g/mol. The molecular formula is C11H19NO. The van der Waals surface area contributed by atoms with E-state index in [-0.39, 0.29) is 0 Å². The van der Waals surface area contributed by atoms with Crippen LogP contribution in [0.3, 0.4) is 0 Å². The van der Waals surface area contributed by atoms with Crippen LogP contribution in [0.15, 0.2) is 12.2 Å². The van der Waals surface area contributed by atoms with Crippen molar-refractivity contribution in [2.24, 2.45) is 0 Å². The molecule has 2 heteroatoms. The summed E-state index contributed by atoms with van der Waals surface area (Å²) in [7, 11) is 0. The highest BCUT2D eigenvalue weighted by atomic mass is 16.1. The van der Waals surface area contributed by atoms with Crippen molar-refractivity contribution in [2.45, 2.75) is 45.1 Å². The number of carbonyl (C=O) groups excluding carboxylic acids is 1. The monoisotopic (exact) mass is 181 g/mol. The van der Waals surface area contributed by atoms with Crippen LogP contribution in [-0.4, -0.2) is 18.4 Å². The number of nitrogens with one attached hydrogen (secondary N) is 1. The van der Waals surface area contributed by atoms with Crippen LogP contribution in [0.5, 0.6) is 0 Å². The Balaban J connectivity index is 2.13. The first-order valence-corrected chi connectivity index (χ1v) is 5.08. The molecule has 0 spiro atoms. The third-order valence-corrected chi connectivity index (χ3v) is 2.47. The average Bonchev–Trinajstić information content (AvgIpc) is 2.53. The van der Waals surface area contributed by atoms with Gasteiger partial charge in [-0.2, -0.15) is 0 Å². The summed E-state index contributed by atoms with van der Waals surface area (Å²) in [5.41, 5.74) is 1.10. The van der Waals surface area contributed by atoms with Gasteiger partial charge in [-0.3, -0.25) is 4.79 Å². The lowest BCUT2D eigenvalue weighted by molar-refractivity contribution is -0.119. The van der Waals surface area contributed by atoms with E-state index in [1.165, 1.54) is 12.8 Å². The fraction of sp³-hybridized carbons (Fsp3) is 0.727. The van der Waals surface area contributed by atoms with E-state index in [1.807, 2.05) is 6.92 Å². The maximum absolute atomic E-state index is 11.4. The molecule has 0 bridgehead atoms. The number of carbonyl (C=O) groups is 1. The van der Waals surface area contributed by atoms with E-state index in [0.717, 1.165) is 18.5 Å². The molecule has 1 heterocycles.